The number of thiol groups is 2. The molecule has 0 bridgehead atoms. The first-order chi connectivity index (χ1) is 15.0. The lowest BCUT2D eigenvalue weighted by Crippen LogP contribution is -2.57. The third-order valence-corrected chi connectivity index (χ3v) is 11.8. The lowest BCUT2D eigenvalue weighted by molar-refractivity contribution is -0.145. The molecule has 1 aromatic heterocycles. The summed E-state index contributed by atoms with van der Waals surface area (Å²) in [4.78, 5) is 4.17. The number of hydrogen-bond acceptors (Lipinski definition) is 4. The summed E-state index contributed by atoms with van der Waals surface area (Å²) in [5, 5.41) is 12.1. The number of fused-ring (bicyclic) bond motifs is 5. The van der Waals surface area contributed by atoms with E-state index in [0.717, 1.165) is 42.6 Å². The van der Waals surface area contributed by atoms with Gasteiger partial charge in [0.05, 0.1) is 16.0 Å². The van der Waals surface area contributed by atoms with Crippen molar-refractivity contribution in [1.82, 2.24) is 9.55 Å². The van der Waals surface area contributed by atoms with E-state index in [1.165, 1.54) is 38.5 Å². The zero-order chi connectivity index (χ0) is 22.9. The summed E-state index contributed by atoms with van der Waals surface area (Å²) >= 11 is 9.65. The summed E-state index contributed by atoms with van der Waals surface area (Å²) in [5.74, 6) is 3.58. The Labute approximate surface area is 205 Å². The number of imidazole rings is 1. The number of rotatable bonds is 4. The van der Waals surface area contributed by atoms with Crippen LogP contribution < -0.4 is 0 Å². The van der Waals surface area contributed by atoms with Crippen LogP contribution in [0.4, 0.5) is 0 Å². The molecule has 1 heterocycles. The molecular formula is C27H42N2OS2. The van der Waals surface area contributed by atoms with E-state index in [0.29, 0.717) is 23.8 Å². The van der Waals surface area contributed by atoms with Gasteiger partial charge in [-0.3, -0.25) is 0 Å². The van der Waals surface area contributed by atoms with E-state index in [1.54, 1.807) is 6.20 Å². The Balaban J connectivity index is 1.37. The molecule has 5 heteroatoms. The van der Waals surface area contributed by atoms with Crippen LogP contribution in [0.2, 0.25) is 0 Å². The molecule has 8 atom stereocenters. The average molecular weight is 475 g/mol. The molecule has 0 spiro atoms. The van der Waals surface area contributed by atoms with Gasteiger partial charge in [-0.25, -0.2) is 4.98 Å². The molecule has 0 amide bonds. The summed E-state index contributed by atoms with van der Waals surface area (Å²) in [6.45, 7) is 12.3. The van der Waals surface area contributed by atoms with Crippen molar-refractivity contribution in [3.05, 3.63) is 30.9 Å². The predicted octanol–water partition coefficient (Wildman–Crippen LogP) is 6.41. The van der Waals surface area contributed by atoms with E-state index in [9.17, 15) is 5.11 Å². The molecule has 0 aliphatic heterocycles. The highest BCUT2D eigenvalue weighted by atomic mass is 32.2. The smallest absolute Gasteiger partial charge is 0.0948 e. The van der Waals surface area contributed by atoms with E-state index in [4.69, 9.17) is 25.3 Å². The number of nitrogens with zero attached hydrogens (tertiary/aromatic N) is 2. The fraction of sp³-hybridized carbons (Fsp3) is 0.815. The fourth-order valence-electron chi connectivity index (χ4n) is 9.08. The molecule has 3 nitrogen and oxygen atoms in total. The SMILES string of the molecule is C=C(Cn1ccnc1)C1(O)CCC2C3CCC4CC(C(C)(S)S)CCC4(C)C3CCC21C. The Morgan fingerprint density at radius 3 is 2.56 bits per heavy atom. The van der Waals surface area contributed by atoms with Gasteiger partial charge >= 0.3 is 0 Å². The summed E-state index contributed by atoms with van der Waals surface area (Å²) in [6, 6.07) is 0. The first kappa shape index (κ1) is 23.4. The lowest BCUT2D eigenvalue weighted by atomic mass is 9.43. The zero-order valence-electron chi connectivity index (χ0n) is 20.1. The van der Waals surface area contributed by atoms with E-state index in [2.05, 4.69) is 32.3 Å². The Morgan fingerprint density at radius 1 is 1.12 bits per heavy atom. The normalized spacial score (nSPS) is 46.2. The van der Waals surface area contributed by atoms with E-state index >= 15 is 0 Å². The zero-order valence-corrected chi connectivity index (χ0v) is 21.9. The van der Waals surface area contributed by atoms with Crippen molar-refractivity contribution in [2.45, 2.75) is 94.8 Å². The van der Waals surface area contributed by atoms with Crippen LogP contribution in [0.1, 0.15) is 78.6 Å². The number of aliphatic hydroxyl groups is 1. The molecule has 4 aliphatic carbocycles. The highest BCUT2D eigenvalue weighted by molar-refractivity contribution is 8.00. The third-order valence-electron chi connectivity index (χ3n) is 11.1. The Kier molecular flexibility index (Phi) is 5.70. The first-order valence-electron chi connectivity index (χ1n) is 12.8. The van der Waals surface area contributed by atoms with Gasteiger partial charge in [-0.15, -0.1) is 0 Å². The van der Waals surface area contributed by atoms with Crippen molar-refractivity contribution < 1.29 is 5.11 Å². The Hall–Kier alpha value is -0.390. The molecule has 0 radical (unpaired) electrons. The van der Waals surface area contributed by atoms with Gasteiger partial charge in [0.15, 0.2) is 0 Å². The van der Waals surface area contributed by atoms with Crippen LogP contribution in [0.5, 0.6) is 0 Å². The number of aromatic nitrogens is 2. The molecule has 5 rings (SSSR count). The van der Waals surface area contributed by atoms with Crippen molar-refractivity contribution in [3.63, 3.8) is 0 Å². The van der Waals surface area contributed by atoms with Crippen molar-refractivity contribution in [2.75, 3.05) is 0 Å². The lowest BCUT2D eigenvalue weighted by Gasteiger charge is -2.62. The van der Waals surface area contributed by atoms with Crippen LogP contribution in [0.25, 0.3) is 0 Å². The molecule has 8 unspecified atom stereocenters. The first-order valence-corrected chi connectivity index (χ1v) is 13.7. The second-order valence-electron chi connectivity index (χ2n) is 12.4. The fourth-order valence-corrected chi connectivity index (χ4v) is 9.55. The summed E-state index contributed by atoms with van der Waals surface area (Å²) in [5.41, 5.74) is 0.604. The summed E-state index contributed by atoms with van der Waals surface area (Å²) < 4.78 is 1.88. The van der Waals surface area contributed by atoms with Crippen molar-refractivity contribution in [3.8, 4) is 0 Å². The topological polar surface area (TPSA) is 38.0 Å². The minimum Gasteiger partial charge on any atom is -0.385 e. The van der Waals surface area contributed by atoms with Crippen molar-refractivity contribution >= 4 is 25.3 Å². The van der Waals surface area contributed by atoms with Crippen LogP contribution in [0.15, 0.2) is 30.9 Å². The molecule has 4 saturated carbocycles. The molecule has 0 saturated heterocycles. The van der Waals surface area contributed by atoms with E-state index in [-0.39, 0.29) is 9.49 Å². The summed E-state index contributed by atoms with van der Waals surface area (Å²) in [6.07, 6.45) is 16.5. The molecule has 32 heavy (non-hydrogen) atoms. The van der Waals surface area contributed by atoms with Crippen LogP contribution in [-0.4, -0.2) is 24.3 Å². The average Bonchev–Trinajstić information content (AvgIpc) is 3.33. The molecule has 1 N–H and O–H groups in total. The van der Waals surface area contributed by atoms with Gasteiger partial charge < -0.3 is 9.67 Å². The molecule has 1 aromatic rings. The predicted molar refractivity (Wildman–Crippen MR) is 138 cm³/mol. The quantitative estimate of drug-likeness (QED) is 0.268. The highest BCUT2D eigenvalue weighted by Crippen LogP contribution is 2.69. The highest BCUT2D eigenvalue weighted by Gasteiger charge is 2.65. The Morgan fingerprint density at radius 2 is 1.88 bits per heavy atom. The maximum absolute atomic E-state index is 12.1. The molecule has 178 valence electrons. The third kappa shape index (κ3) is 3.39. The monoisotopic (exact) mass is 474 g/mol. The maximum Gasteiger partial charge on any atom is 0.0948 e. The van der Waals surface area contributed by atoms with Gasteiger partial charge in [-0.1, -0.05) is 20.4 Å². The van der Waals surface area contributed by atoms with Crippen LogP contribution in [0.3, 0.4) is 0 Å². The minimum absolute atomic E-state index is 0.0546. The van der Waals surface area contributed by atoms with E-state index < -0.39 is 5.60 Å². The van der Waals surface area contributed by atoms with Gasteiger partial charge in [0, 0.05) is 24.4 Å². The van der Waals surface area contributed by atoms with Gasteiger partial charge in [-0.2, -0.15) is 25.3 Å². The van der Waals surface area contributed by atoms with Crippen LogP contribution in [-0.2, 0) is 6.54 Å². The summed E-state index contributed by atoms with van der Waals surface area (Å²) in [7, 11) is 0. The van der Waals surface area contributed by atoms with Gasteiger partial charge in [0.1, 0.15) is 0 Å². The Bertz CT molecular complexity index is 864. The molecule has 4 aliphatic rings. The van der Waals surface area contributed by atoms with E-state index in [1.807, 2.05) is 17.1 Å². The minimum atomic E-state index is -0.762. The standard InChI is InChI=1S/C27H42N2OS2/c1-18(16-29-14-13-28-17-29)27(30)12-9-23-21-6-5-19-15-20(26(4,31)32)7-10-24(19,2)22(21)8-11-25(23,27)3/h13-14,17,19-23,30-32H,1,5-12,15-16H2,2-4H3. The van der Waals surface area contributed by atoms with Gasteiger partial charge in [0.25, 0.3) is 0 Å². The maximum atomic E-state index is 12.1. The van der Waals surface area contributed by atoms with Gasteiger partial charge in [0.2, 0.25) is 0 Å². The van der Waals surface area contributed by atoms with Gasteiger partial charge in [-0.05, 0) is 105 Å². The van der Waals surface area contributed by atoms with Crippen molar-refractivity contribution in [2.24, 2.45) is 40.4 Å². The van der Waals surface area contributed by atoms with Crippen LogP contribution >= 0.6 is 25.3 Å². The molecule has 0 aromatic carbocycles. The molecule has 4 fully saturated rings. The largest absolute Gasteiger partial charge is 0.385 e. The second-order valence-corrected chi connectivity index (χ2v) is 14.6. The van der Waals surface area contributed by atoms with Crippen molar-refractivity contribution in [1.29, 1.82) is 0 Å². The number of hydrogen-bond donors (Lipinski definition) is 3. The second kappa shape index (κ2) is 7.81. The van der Waals surface area contributed by atoms with Crippen LogP contribution in [0, 0.1) is 40.4 Å². The molecular weight excluding hydrogens is 432 g/mol.